The molecular weight excluding hydrogens is 345 g/mol. The van der Waals surface area contributed by atoms with Crippen molar-refractivity contribution in [3.8, 4) is 0 Å². The van der Waals surface area contributed by atoms with Crippen LogP contribution in [0.1, 0.15) is 45.1 Å². The van der Waals surface area contributed by atoms with Crippen LogP contribution in [0.4, 0.5) is 0 Å². The quantitative estimate of drug-likeness (QED) is 0.705. The molecule has 0 amide bonds. The lowest BCUT2D eigenvalue weighted by molar-refractivity contribution is -0.142. The Morgan fingerprint density at radius 1 is 1.25 bits per heavy atom. The number of carboxylic acids is 1. The van der Waals surface area contributed by atoms with E-state index >= 15 is 0 Å². The van der Waals surface area contributed by atoms with Crippen molar-refractivity contribution < 1.29 is 9.90 Å². The number of carbonyl (C=O) groups is 1. The fraction of sp³-hybridized carbons (Fsp3) is 0.632. The van der Waals surface area contributed by atoms with Crippen LogP contribution in [0.3, 0.4) is 0 Å². The Morgan fingerprint density at radius 2 is 1.92 bits per heavy atom. The molecule has 1 unspecified atom stereocenters. The Balaban J connectivity index is 1.87. The summed E-state index contributed by atoms with van der Waals surface area (Å²) in [5.74, 6) is 0.225. The summed E-state index contributed by atoms with van der Waals surface area (Å²) in [5.41, 5.74) is 1.14. The van der Waals surface area contributed by atoms with Crippen molar-refractivity contribution in [2.75, 3.05) is 6.54 Å². The summed E-state index contributed by atoms with van der Waals surface area (Å²) in [6, 6.07) is 6.14. The second-order valence-electron chi connectivity index (χ2n) is 7.24. The van der Waals surface area contributed by atoms with Gasteiger partial charge in [-0.1, -0.05) is 43.1 Å². The highest BCUT2D eigenvalue weighted by molar-refractivity contribution is 6.35. The molecule has 1 aromatic carbocycles. The highest BCUT2D eigenvalue weighted by Gasteiger charge is 2.26. The van der Waals surface area contributed by atoms with Crippen LogP contribution in [0.25, 0.3) is 0 Å². The van der Waals surface area contributed by atoms with E-state index in [1.807, 2.05) is 12.1 Å². The van der Waals surface area contributed by atoms with Crippen molar-refractivity contribution in [1.29, 1.82) is 0 Å². The summed E-state index contributed by atoms with van der Waals surface area (Å²) in [5, 5.41) is 14.1. The molecule has 1 aliphatic rings. The molecular formula is C19H27Cl2NO2. The molecule has 24 heavy (non-hydrogen) atoms. The molecule has 0 aromatic heterocycles. The van der Waals surface area contributed by atoms with Gasteiger partial charge in [0.25, 0.3) is 0 Å². The largest absolute Gasteiger partial charge is 0.481 e. The highest BCUT2D eigenvalue weighted by Crippen LogP contribution is 2.27. The van der Waals surface area contributed by atoms with Crippen LogP contribution in [-0.4, -0.2) is 23.7 Å². The fourth-order valence-corrected chi connectivity index (χ4v) is 3.86. The van der Waals surface area contributed by atoms with Crippen LogP contribution in [-0.2, 0) is 11.2 Å². The molecule has 2 rings (SSSR count). The van der Waals surface area contributed by atoms with Gasteiger partial charge in [0.1, 0.15) is 0 Å². The number of rotatable bonds is 7. The fourth-order valence-electron chi connectivity index (χ4n) is 3.38. The SMILES string of the molecule is CC(C)C(CNC1CCC(C(=O)O)CC1)Cc1ccc(Cl)cc1Cl. The first-order valence-electron chi connectivity index (χ1n) is 8.77. The smallest absolute Gasteiger partial charge is 0.306 e. The van der Waals surface area contributed by atoms with Crippen LogP contribution in [0.15, 0.2) is 18.2 Å². The summed E-state index contributed by atoms with van der Waals surface area (Å²) in [6.45, 7) is 5.40. The molecule has 0 saturated heterocycles. The monoisotopic (exact) mass is 371 g/mol. The van der Waals surface area contributed by atoms with Gasteiger partial charge in [-0.2, -0.15) is 0 Å². The maximum absolute atomic E-state index is 11.0. The minimum absolute atomic E-state index is 0.156. The van der Waals surface area contributed by atoms with E-state index < -0.39 is 5.97 Å². The summed E-state index contributed by atoms with van der Waals surface area (Å²) >= 11 is 12.3. The van der Waals surface area contributed by atoms with E-state index in [2.05, 4.69) is 19.2 Å². The third-order valence-electron chi connectivity index (χ3n) is 5.19. The van der Waals surface area contributed by atoms with Crippen molar-refractivity contribution in [3.05, 3.63) is 33.8 Å². The number of hydrogen-bond donors (Lipinski definition) is 2. The maximum atomic E-state index is 11.0. The number of nitrogens with one attached hydrogen (secondary N) is 1. The molecule has 2 N–H and O–H groups in total. The average Bonchev–Trinajstić information content (AvgIpc) is 2.53. The minimum atomic E-state index is -0.647. The van der Waals surface area contributed by atoms with Crippen LogP contribution in [0.2, 0.25) is 10.0 Å². The van der Waals surface area contributed by atoms with Crippen LogP contribution in [0, 0.1) is 17.8 Å². The predicted molar refractivity (Wildman–Crippen MR) is 99.9 cm³/mol. The Labute approximate surface area is 154 Å². The van der Waals surface area contributed by atoms with E-state index in [1.165, 1.54) is 0 Å². The van der Waals surface area contributed by atoms with Gasteiger partial charge in [-0.25, -0.2) is 0 Å². The van der Waals surface area contributed by atoms with Gasteiger partial charge in [0, 0.05) is 16.1 Å². The van der Waals surface area contributed by atoms with Gasteiger partial charge >= 0.3 is 5.97 Å². The Morgan fingerprint density at radius 3 is 2.46 bits per heavy atom. The van der Waals surface area contributed by atoms with E-state index in [9.17, 15) is 4.79 Å². The van der Waals surface area contributed by atoms with E-state index in [0.29, 0.717) is 22.9 Å². The first kappa shape index (κ1) is 19.6. The summed E-state index contributed by atoms with van der Waals surface area (Å²) in [4.78, 5) is 11.0. The molecule has 134 valence electrons. The summed E-state index contributed by atoms with van der Waals surface area (Å²) in [7, 11) is 0. The molecule has 0 heterocycles. The molecule has 0 bridgehead atoms. The lowest BCUT2D eigenvalue weighted by Crippen LogP contribution is -2.39. The van der Waals surface area contributed by atoms with Crippen molar-refractivity contribution in [1.82, 2.24) is 5.32 Å². The molecule has 5 heteroatoms. The van der Waals surface area contributed by atoms with Crippen molar-refractivity contribution >= 4 is 29.2 Å². The molecule has 3 nitrogen and oxygen atoms in total. The van der Waals surface area contributed by atoms with Crippen LogP contribution >= 0.6 is 23.2 Å². The second-order valence-corrected chi connectivity index (χ2v) is 8.08. The number of aliphatic carboxylic acids is 1. The molecule has 1 atom stereocenters. The lowest BCUT2D eigenvalue weighted by Gasteiger charge is -2.30. The minimum Gasteiger partial charge on any atom is -0.481 e. The van der Waals surface area contributed by atoms with Crippen LogP contribution in [0.5, 0.6) is 0 Å². The van der Waals surface area contributed by atoms with Gasteiger partial charge in [0.15, 0.2) is 0 Å². The Kier molecular flexibility index (Phi) is 7.39. The Bertz CT molecular complexity index is 554. The number of benzene rings is 1. The van der Waals surface area contributed by atoms with Crippen LogP contribution < -0.4 is 5.32 Å². The molecule has 0 spiro atoms. The first-order valence-corrected chi connectivity index (χ1v) is 9.52. The van der Waals surface area contributed by atoms with E-state index in [-0.39, 0.29) is 5.92 Å². The van der Waals surface area contributed by atoms with Gasteiger partial charge in [-0.15, -0.1) is 0 Å². The number of carboxylic acid groups (broad SMARTS) is 1. The zero-order chi connectivity index (χ0) is 17.7. The second kappa shape index (κ2) is 9.07. The van der Waals surface area contributed by atoms with E-state index in [0.717, 1.165) is 49.2 Å². The lowest BCUT2D eigenvalue weighted by atomic mass is 9.85. The molecule has 1 fully saturated rings. The topological polar surface area (TPSA) is 49.3 Å². The van der Waals surface area contributed by atoms with Gasteiger partial charge in [0.2, 0.25) is 0 Å². The maximum Gasteiger partial charge on any atom is 0.306 e. The van der Waals surface area contributed by atoms with E-state index in [4.69, 9.17) is 28.3 Å². The first-order chi connectivity index (χ1) is 11.4. The average molecular weight is 372 g/mol. The molecule has 1 aliphatic carbocycles. The van der Waals surface area contributed by atoms with Gasteiger partial charge in [0.05, 0.1) is 5.92 Å². The summed E-state index contributed by atoms with van der Waals surface area (Å²) < 4.78 is 0. The number of halogens is 2. The molecule has 1 saturated carbocycles. The third-order valence-corrected chi connectivity index (χ3v) is 5.77. The molecule has 0 aliphatic heterocycles. The zero-order valence-electron chi connectivity index (χ0n) is 14.4. The standard InChI is InChI=1S/C19H27Cl2NO2/c1-12(2)15(9-14-3-6-16(20)10-18(14)21)11-22-17-7-4-13(5-8-17)19(23)24/h3,6,10,12-13,15,17,22H,4-5,7-9,11H2,1-2H3,(H,23,24). The molecule has 1 aromatic rings. The number of hydrogen-bond acceptors (Lipinski definition) is 2. The highest BCUT2D eigenvalue weighted by atomic mass is 35.5. The van der Waals surface area contributed by atoms with Crippen molar-refractivity contribution in [3.63, 3.8) is 0 Å². The normalized spacial score (nSPS) is 22.5. The van der Waals surface area contributed by atoms with Gasteiger partial charge in [-0.05, 0) is 68.2 Å². The van der Waals surface area contributed by atoms with E-state index in [1.54, 1.807) is 6.07 Å². The third kappa shape index (κ3) is 5.65. The Hall–Kier alpha value is -0.770. The van der Waals surface area contributed by atoms with Crippen molar-refractivity contribution in [2.24, 2.45) is 17.8 Å². The summed E-state index contributed by atoms with van der Waals surface area (Å²) in [6.07, 6.45) is 4.38. The molecule has 0 radical (unpaired) electrons. The predicted octanol–water partition coefficient (Wildman–Crippen LogP) is 5.04. The zero-order valence-corrected chi connectivity index (χ0v) is 15.9. The van der Waals surface area contributed by atoms with Gasteiger partial charge < -0.3 is 10.4 Å². The van der Waals surface area contributed by atoms with Crippen molar-refractivity contribution in [2.45, 2.75) is 52.0 Å². The van der Waals surface area contributed by atoms with Gasteiger partial charge in [-0.3, -0.25) is 4.79 Å².